The van der Waals surface area contributed by atoms with Crippen LogP contribution in [-0.4, -0.2) is 27.7 Å². The molecular formula is C6H9ClN4S2. The van der Waals surface area contributed by atoms with Crippen molar-refractivity contribution in [2.45, 2.75) is 11.3 Å². The Morgan fingerprint density at radius 1 is 1.69 bits per heavy atom. The maximum Gasteiger partial charge on any atom is 0.234 e. The Kier molecular flexibility index (Phi) is 4.47. The van der Waals surface area contributed by atoms with Crippen molar-refractivity contribution >= 4 is 45.7 Å². The van der Waals surface area contributed by atoms with Gasteiger partial charge in [0.15, 0.2) is 4.34 Å². The summed E-state index contributed by atoms with van der Waals surface area (Å²) < 4.78 is 0.906. The average Bonchev–Trinajstić information content (AvgIpc) is 2.53. The number of hydrogen-bond acceptors (Lipinski definition) is 5. The van der Waals surface area contributed by atoms with Crippen LogP contribution in [0.5, 0.6) is 0 Å². The predicted octanol–water partition coefficient (Wildman–Crippen LogP) is 1.88. The fourth-order valence-corrected chi connectivity index (χ4v) is 2.28. The zero-order valence-electron chi connectivity index (χ0n) is 7.03. The molecule has 72 valence electrons. The van der Waals surface area contributed by atoms with Gasteiger partial charge in [-0.2, -0.15) is 0 Å². The Morgan fingerprint density at radius 3 is 3.08 bits per heavy atom. The summed E-state index contributed by atoms with van der Waals surface area (Å²) in [5, 5.41) is 8.33. The van der Waals surface area contributed by atoms with Crippen LogP contribution >= 0.6 is 34.7 Å². The summed E-state index contributed by atoms with van der Waals surface area (Å²) in [6.45, 7) is 2.06. The van der Waals surface area contributed by atoms with Crippen LogP contribution < -0.4 is 5.73 Å². The van der Waals surface area contributed by atoms with Crippen molar-refractivity contribution < 1.29 is 0 Å². The number of thioether (sulfide) groups is 1. The van der Waals surface area contributed by atoms with Gasteiger partial charge >= 0.3 is 0 Å². The molecule has 0 aliphatic heterocycles. The number of alkyl halides is 1. The van der Waals surface area contributed by atoms with Crippen LogP contribution in [0.1, 0.15) is 6.92 Å². The molecule has 4 nitrogen and oxygen atoms in total. The maximum absolute atomic E-state index is 5.47. The molecule has 0 fully saturated rings. The summed E-state index contributed by atoms with van der Waals surface area (Å²) in [6, 6.07) is 0. The molecule has 0 saturated carbocycles. The maximum atomic E-state index is 5.47. The number of halogens is 1. The molecule has 0 unspecified atom stereocenters. The predicted molar refractivity (Wildman–Crippen MR) is 58.3 cm³/mol. The number of hydrogen-bond donors (Lipinski definition) is 1. The lowest BCUT2D eigenvalue weighted by molar-refractivity contribution is 1.01. The fourth-order valence-electron chi connectivity index (χ4n) is 0.582. The van der Waals surface area contributed by atoms with Crippen LogP contribution in [0.25, 0.3) is 0 Å². The number of rotatable bonds is 4. The average molecular weight is 237 g/mol. The molecule has 2 N–H and O–H groups in total. The van der Waals surface area contributed by atoms with E-state index in [4.69, 9.17) is 17.3 Å². The Hall–Kier alpha value is -0.330. The van der Waals surface area contributed by atoms with Gasteiger partial charge in [0.25, 0.3) is 0 Å². The number of aromatic nitrogens is 2. The van der Waals surface area contributed by atoms with Crippen molar-refractivity contribution in [2.24, 2.45) is 10.7 Å². The molecule has 0 aromatic carbocycles. The molecule has 0 spiro atoms. The highest BCUT2D eigenvalue weighted by molar-refractivity contribution is 8.01. The summed E-state index contributed by atoms with van der Waals surface area (Å²) in [5.41, 5.74) is 5.44. The quantitative estimate of drug-likeness (QED) is 0.375. The van der Waals surface area contributed by atoms with Crippen molar-refractivity contribution in [3.05, 3.63) is 0 Å². The minimum atomic E-state index is 0.218. The first-order valence-corrected chi connectivity index (χ1v) is 5.95. The van der Waals surface area contributed by atoms with Gasteiger partial charge in [0.05, 0.1) is 5.88 Å². The van der Waals surface area contributed by atoms with Gasteiger partial charge in [-0.3, -0.25) is 0 Å². The van der Waals surface area contributed by atoms with Crippen molar-refractivity contribution in [3.8, 4) is 0 Å². The topological polar surface area (TPSA) is 64.2 Å². The molecule has 0 radical (unpaired) electrons. The standard InChI is InChI=1S/C6H9ClN4S2/c1-2-12-6-11-10-5(13-6)9-4(8)3-7/h2-3H2,1H3,(H2,8,9,10). The molecule has 1 aromatic heterocycles. The highest BCUT2D eigenvalue weighted by atomic mass is 35.5. The van der Waals surface area contributed by atoms with E-state index in [1.807, 2.05) is 0 Å². The van der Waals surface area contributed by atoms with E-state index in [2.05, 4.69) is 22.1 Å². The smallest absolute Gasteiger partial charge is 0.234 e. The Balaban J connectivity index is 2.68. The lowest BCUT2D eigenvalue weighted by Gasteiger charge is -1.88. The van der Waals surface area contributed by atoms with E-state index in [0.29, 0.717) is 11.0 Å². The van der Waals surface area contributed by atoms with Gasteiger partial charge in [-0.1, -0.05) is 30.0 Å². The van der Waals surface area contributed by atoms with Gasteiger partial charge in [0.1, 0.15) is 5.84 Å². The van der Waals surface area contributed by atoms with Gasteiger partial charge in [0, 0.05) is 0 Å². The minimum absolute atomic E-state index is 0.218. The van der Waals surface area contributed by atoms with Crippen LogP contribution in [-0.2, 0) is 0 Å². The third-order valence-electron chi connectivity index (χ3n) is 1.04. The second-order valence-electron chi connectivity index (χ2n) is 2.02. The van der Waals surface area contributed by atoms with E-state index in [1.54, 1.807) is 11.8 Å². The third-order valence-corrected chi connectivity index (χ3v) is 3.15. The second-order valence-corrected chi connectivity index (χ2v) is 4.75. The minimum Gasteiger partial charge on any atom is -0.386 e. The molecule has 7 heteroatoms. The van der Waals surface area contributed by atoms with Gasteiger partial charge < -0.3 is 5.73 Å². The summed E-state index contributed by atoms with van der Waals surface area (Å²) in [5.74, 6) is 1.56. The lowest BCUT2D eigenvalue weighted by atomic mass is 10.7. The van der Waals surface area contributed by atoms with E-state index < -0.39 is 0 Å². The second kappa shape index (κ2) is 5.41. The van der Waals surface area contributed by atoms with Crippen LogP contribution in [0.4, 0.5) is 5.13 Å². The van der Waals surface area contributed by atoms with Crippen molar-refractivity contribution in [3.63, 3.8) is 0 Å². The summed E-state index contributed by atoms with van der Waals surface area (Å²) in [7, 11) is 0. The van der Waals surface area contributed by atoms with Gasteiger partial charge in [-0.25, -0.2) is 4.99 Å². The first-order valence-electron chi connectivity index (χ1n) is 3.61. The summed E-state index contributed by atoms with van der Waals surface area (Å²) in [6.07, 6.45) is 0. The molecule has 0 aliphatic rings. The van der Waals surface area contributed by atoms with Crippen LogP contribution in [0.2, 0.25) is 0 Å². The molecule has 0 amide bonds. The number of nitrogens with zero attached hydrogens (tertiary/aromatic N) is 3. The molecule has 1 heterocycles. The molecule has 0 aliphatic carbocycles. The molecule has 0 bridgehead atoms. The van der Waals surface area contributed by atoms with E-state index >= 15 is 0 Å². The van der Waals surface area contributed by atoms with E-state index in [9.17, 15) is 0 Å². The third kappa shape index (κ3) is 3.50. The summed E-state index contributed by atoms with van der Waals surface area (Å²) >= 11 is 8.51. The summed E-state index contributed by atoms with van der Waals surface area (Å²) in [4.78, 5) is 3.97. The first-order chi connectivity index (χ1) is 6.26. The van der Waals surface area contributed by atoms with Crippen molar-refractivity contribution in [2.75, 3.05) is 11.6 Å². The highest BCUT2D eigenvalue weighted by Crippen LogP contribution is 2.26. The Bertz CT molecular complexity index is 299. The largest absolute Gasteiger partial charge is 0.386 e. The van der Waals surface area contributed by atoms with Crippen LogP contribution in [0.15, 0.2) is 9.33 Å². The van der Waals surface area contributed by atoms with Crippen LogP contribution in [0, 0.1) is 0 Å². The zero-order chi connectivity index (χ0) is 9.68. The molecule has 1 rings (SSSR count). The zero-order valence-corrected chi connectivity index (χ0v) is 9.42. The fraction of sp³-hybridized carbons (Fsp3) is 0.500. The SMILES string of the molecule is CCSc1nnc(N=C(N)CCl)s1. The number of nitrogens with two attached hydrogens (primary N) is 1. The normalized spacial score (nSPS) is 12.0. The number of amidine groups is 1. The van der Waals surface area contributed by atoms with E-state index in [1.165, 1.54) is 11.3 Å². The molecule has 0 atom stereocenters. The monoisotopic (exact) mass is 236 g/mol. The first kappa shape index (κ1) is 10.7. The Labute approximate surface area is 89.6 Å². The van der Waals surface area contributed by atoms with Crippen molar-refractivity contribution in [1.82, 2.24) is 10.2 Å². The highest BCUT2D eigenvalue weighted by Gasteiger charge is 2.02. The Morgan fingerprint density at radius 2 is 2.46 bits per heavy atom. The molecular weight excluding hydrogens is 228 g/mol. The lowest BCUT2D eigenvalue weighted by Crippen LogP contribution is -2.12. The molecule has 13 heavy (non-hydrogen) atoms. The molecule has 1 aromatic rings. The van der Waals surface area contributed by atoms with E-state index in [0.717, 1.165) is 10.1 Å². The van der Waals surface area contributed by atoms with Gasteiger partial charge in [-0.15, -0.1) is 21.8 Å². The number of aliphatic imine (C=N–C) groups is 1. The van der Waals surface area contributed by atoms with Crippen LogP contribution in [0.3, 0.4) is 0 Å². The molecule has 0 saturated heterocycles. The van der Waals surface area contributed by atoms with Gasteiger partial charge in [-0.05, 0) is 5.75 Å². The van der Waals surface area contributed by atoms with Crippen molar-refractivity contribution in [1.29, 1.82) is 0 Å². The van der Waals surface area contributed by atoms with Gasteiger partial charge in [0.2, 0.25) is 5.13 Å². The van der Waals surface area contributed by atoms with E-state index in [-0.39, 0.29) is 5.88 Å².